The molecule has 5 aromatic carbocycles. The molecular weight excluding hydrogens is 1070 g/mol. The van der Waals surface area contributed by atoms with Gasteiger partial charge in [0.2, 0.25) is 5.91 Å². The highest BCUT2D eigenvalue weighted by atomic mass is 79.9. The van der Waals surface area contributed by atoms with E-state index in [1.54, 1.807) is 30.6 Å². The third-order valence-electron chi connectivity index (χ3n) is 16.2. The second-order valence-electron chi connectivity index (χ2n) is 21.8. The number of carbonyl (C=O) groups is 2. The second-order valence-corrected chi connectivity index (χ2v) is 22.7. The van der Waals surface area contributed by atoms with E-state index in [9.17, 15) is 14.0 Å². The van der Waals surface area contributed by atoms with Gasteiger partial charge in [-0.2, -0.15) is 10.2 Å². The van der Waals surface area contributed by atoms with Crippen LogP contribution in [0.3, 0.4) is 0 Å². The number of halogens is 2. The Labute approximate surface area is 475 Å². The number of hydrogen-bond acceptors (Lipinski definition) is 12. The number of piperidine rings is 2. The molecule has 2 amide bonds. The van der Waals surface area contributed by atoms with Crippen molar-refractivity contribution in [1.29, 1.82) is 0 Å². The van der Waals surface area contributed by atoms with Crippen molar-refractivity contribution in [2.45, 2.75) is 89.3 Å². The number of H-pyrrole nitrogens is 2. The number of nitrogens with two attached hydrogens (primary N) is 1. The smallest absolute Gasteiger partial charge is 0.251 e. The van der Waals surface area contributed by atoms with E-state index in [1.807, 2.05) is 48.5 Å². The van der Waals surface area contributed by atoms with Gasteiger partial charge in [0.05, 0.1) is 28.2 Å². The van der Waals surface area contributed by atoms with Crippen LogP contribution in [0.25, 0.3) is 22.8 Å². The minimum atomic E-state index is -0.444. The average molecular weight is 1140 g/mol. The fraction of sp³-hybridized carbons (Fsp3) is 0.339. The van der Waals surface area contributed by atoms with Crippen LogP contribution in [0.15, 0.2) is 126 Å². The quantitative estimate of drug-likeness (QED) is 0.0715. The summed E-state index contributed by atoms with van der Waals surface area (Å²) >= 11 is 3.15. The van der Waals surface area contributed by atoms with Crippen molar-refractivity contribution in [3.05, 3.63) is 188 Å². The molecule has 12 rings (SSSR count). The van der Waals surface area contributed by atoms with Crippen LogP contribution in [-0.4, -0.2) is 104 Å². The molecule has 2 unspecified atom stereocenters. The van der Waals surface area contributed by atoms with Crippen molar-refractivity contribution in [3.63, 3.8) is 0 Å². The topological polar surface area (TPSA) is 208 Å². The number of aromatic amines is 2. The molecule has 8 aromatic rings. The molecule has 16 nitrogen and oxygen atoms in total. The summed E-state index contributed by atoms with van der Waals surface area (Å²) in [7, 11) is 4.26. The van der Waals surface area contributed by atoms with Crippen LogP contribution in [0.4, 0.5) is 15.8 Å². The number of fused-ring (bicyclic) bond motifs is 2. The molecule has 0 spiro atoms. The van der Waals surface area contributed by atoms with Gasteiger partial charge >= 0.3 is 0 Å². The Kier molecular flexibility index (Phi) is 16.6. The van der Waals surface area contributed by atoms with E-state index in [0.29, 0.717) is 45.5 Å². The van der Waals surface area contributed by atoms with Crippen molar-refractivity contribution < 1.29 is 18.7 Å². The van der Waals surface area contributed by atoms with Gasteiger partial charge < -0.3 is 36.2 Å². The number of aromatic nitrogens is 7. The van der Waals surface area contributed by atoms with Crippen LogP contribution in [0.5, 0.6) is 5.75 Å². The molecule has 3 aliphatic heterocycles. The summed E-state index contributed by atoms with van der Waals surface area (Å²) in [6, 6.07) is 34.8. The van der Waals surface area contributed by atoms with Crippen LogP contribution < -0.4 is 26.4 Å². The molecule has 1 aliphatic carbocycles. The van der Waals surface area contributed by atoms with E-state index in [1.165, 1.54) is 33.9 Å². The Morgan fingerprint density at radius 2 is 1.29 bits per heavy atom. The number of amides is 2. The molecule has 7 N–H and O–H groups in total. The van der Waals surface area contributed by atoms with E-state index in [2.05, 4.69) is 145 Å². The number of likely N-dealkylation sites (tertiary alicyclic amines) is 2. The molecule has 80 heavy (non-hydrogen) atoms. The molecule has 0 radical (unpaired) electrons. The lowest BCUT2D eigenvalue weighted by atomic mass is 9.86. The lowest BCUT2D eigenvalue weighted by molar-refractivity contribution is 0.0935. The molecule has 0 saturated carbocycles. The first kappa shape index (κ1) is 55.5. The van der Waals surface area contributed by atoms with Gasteiger partial charge in [-0.25, -0.2) is 14.4 Å². The predicted molar refractivity (Wildman–Crippen MR) is 314 cm³/mol. The van der Waals surface area contributed by atoms with Gasteiger partial charge in [0.15, 0.2) is 23.3 Å². The first-order valence-electron chi connectivity index (χ1n) is 27.3. The fourth-order valence-corrected chi connectivity index (χ4v) is 11.4. The van der Waals surface area contributed by atoms with E-state index < -0.39 is 17.0 Å². The number of primary amides is 1. The number of rotatable bonds is 11. The molecule has 414 valence electrons. The van der Waals surface area contributed by atoms with Crippen molar-refractivity contribution in [1.82, 2.24) is 50.5 Å². The molecule has 6 heterocycles. The summed E-state index contributed by atoms with van der Waals surface area (Å²) in [6.07, 6.45) is 8.86. The number of carbonyl (C=O) groups excluding carboxylic acids is 2. The number of hydrogen-bond donors (Lipinski definition) is 6. The maximum absolute atomic E-state index is 13.4. The third kappa shape index (κ3) is 12.3. The summed E-state index contributed by atoms with van der Waals surface area (Å²) in [4.78, 5) is 43.4. The predicted octanol–water partition coefficient (Wildman–Crippen LogP) is 10.9. The Morgan fingerprint density at radius 1 is 0.725 bits per heavy atom. The zero-order valence-electron chi connectivity index (χ0n) is 46.2. The largest absolute Gasteiger partial charge is 0.493 e. The summed E-state index contributed by atoms with van der Waals surface area (Å²) < 4.78 is 18.8. The summed E-state index contributed by atoms with van der Waals surface area (Å²) in [6.45, 7) is 12.9. The molecule has 2 atom stereocenters. The Hall–Kier alpha value is -7.80. The maximum Gasteiger partial charge on any atom is 0.251 e. The number of benzene rings is 5. The van der Waals surface area contributed by atoms with Crippen LogP contribution >= 0.6 is 15.9 Å². The summed E-state index contributed by atoms with van der Waals surface area (Å²) in [5, 5.41) is 26.1. The SMILES string of the molecule is CC1COc2cc(F)c(Br)cc21.CN1CCC(Nc2cccc(C(N)=O)c2)(c2nc(-c3ccncc3)n[nH]2)CC1.Cc1ccc(-c2n[nH]c(C3(Nc4cccc(C(=O)NC5CCc6c5ccc(C)c6C)c4)CCN(C)CC3)n2)cc1. The van der Waals surface area contributed by atoms with Gasteiger partial charge in [-0.05, 0) is 166 Å². The molecular formula is C62H69BrFN13O3. The Morgan fingerprint density at radius 3 is 1.88 bits per heavy atom. The molecule has 2 fully saturated rings. The fourth-order valence-electron chi connectivity index (χ4n) is 11.0. The minimum absolute atomic E-state index is 0.0431. The Bertz CT molecular complexity index is 3480. The highest BCUT2D eigenvalue weighted by Crippen LogP contribution is 2.40. The average Bonchev–Trinajstić information content (AvgIpc) is 4.39. The van der Waals surface area contributed by atoms with Crippen molar-refractivity contribution >= 4 is 39.1 Å². The zero-order chi connectivity index (χ0) is 56.1. The van der Waals surface area contributed by atoms with Crippen LogP contribution in [0, 0.1) is 26.6 Å². The molecule has 3 aromatic heterocycles. The number of ether oxygens (including phenoxy) is 1. The normalized spacial score (nSPS) is 18.1. The van der Waals surface area contributed by atoms with Gasteiger partial charge in [-0.1, -0.05) is 61.0 Å². The first-order valence-corrected chi connectivity index (χ1v) is 28.1. The van der Waals surface area contributed by atoms with Crippen molar-refractivity contribution in [2.24, 2.45) is 5.73 Å². The lowest BCUT2D eigenvalue weighted by Crippen LogP contribution is -2.46. The molecule has 18 heteroatoms. The number of aryl methyl sites for hydroxylation is 2. The lowest BCUT2D eigenvalue weighted by Gasteiger charge is -2.40. The van der Waals surface area contributed by atoms with Crippen LogP contribution in [0.2, 0.25) is 0 Å². The highest BCUT2D eigenvalue weighted by molar-refractivity contribution is 9.10. The van der Waals surface area contributed by atoms with E-state index >= 15 is 0 Å². The molecule has 4 aliphatic rings. The van der Waals surface area contributed by atoms with Crippen molar-refractivity contribution in [3.8, 4) is 28.5 Å². The van der Waals surface area contributed by atoms with Crippen LogP contribution in [0.1, 0.15) is 117 Å². The van der Waals surface area contributed by atoms with Gasteiger partial charge in [-0.3, -0.25) is 24.8 Å². The first-order chi connectivity index (χ1) is 38.5. The standard InChI is InChI=1S/C33H38N6O.C20H23N7O.C9H8BrFO/c1-21-8-11-24(12-9-21)30-35-32(38-37-30)33(16-18-39(4)19-17-33)36-26-7-5-6-25(20-26)31(40)34-29-15-14-27-23(3)22(2)10-13-28(27)29;1-27-11-7-20(8-12-27,24-16-4-2-3-15(13-16)17(21)28)19-23-18(25-26-19)14-5-9-22-10-6-14;1-5-4-12-9-3-8(11)7(10)2-6(5)9/h5-13,20,29,36H,14-19H2,1-4H3,(H,34,40)(H,35,37,38);2-6,9-10,13,24H,7-8,11-12H2,1H3,(H2,21,28)(H,23,25,26);2-3,5H,4H2,1H3. The maximum atomic E-state index is 13.4. The number of pyridine rings is 1. The molecule has 2 saturated heterocycles. The van der Waals surface area contributed by atoms with Gasteiger partial charge in [-0.15, -0.1) is 0 Å². The number of anilines is 2. The zero-order valence-corrected chi connectivity index (χ0v) is 47.8. The Balaban J connectivity index is 0.000000155. The van der Waals surface area contributed by atoms with Crippen molar-refractivity contribution in [2.75, 3.05) is 57.5 Å². The van der Waals surface area contributed by atoms with E-state index in [-0.39, 0.29) is 17.8 Å². The van der Waals surface area contributed by atoms with Gasteiger partial charge in [0.1, 0.15) is 11.6 Å². The van der Waals surface area contributed by atoms with Gasteiger partial charge in [0, 0.05) is 89.7 Å². The summed E-state index contributed by atoms with van der Waals surface area (Å²) in [5.41, 5.74) is 17.0. The highest BCUT2D eigenvalue weighted by Gasteiger charge is 2.40. The van der Waals surface area contributed by atoms with E-state index in [0.717, 1.165) is 104 Å². The second kappa shape index (κ2) is 23.9. The molecule has 0 bridgehead atoms. The van der Waals surface area contributed by atoms with Crippen LogP contribution in [-0.2, 0) is 17.5 Å². The van der Waals surface area contributed by atoms with E-state index in [4.69, 9.17) is 20.4 Å². The summed E-state index contributed by atoms with van der Waals surface area (Å²) in [5.74, 6) is 3.27. The number of nitrogens with zero attached hydrogens (tertiary/aromatic N) is 7. The number of nitrogens with one attached hydrogen (secondary N) is 5. The third-order valence-corrected chi connectivity index (χ3v) is 16.8. The van der Waals surface area contributed by atoms with Gasteiger partial charge in [0.25, 0.3) is 5.91 Å². The minimum Gasteiger partial charge on any atom is -0.493 e. The monoisotopic (exact) mass is 1140 g/mol.